The summed E-state index contributed by atoms with van der Waals surface area (Å²) in [5.41, 5.74) is 0.224. The van der Waals surface area contributed by atoms with Gasteiger partial charge in [-0.3, -0.25) is 4.79 Å². The summed E-state index contributed by atoms with van der Waals surface area (Å²) in [6, 6.07) is 1.19. The van der Waals surface area contributed by atoms with Crippen LogP contribution in [0.2, 0.25) is 0 Å². The van der Waals surface area contributed by atoms with Crippen molar-refractivity contribution in [2.24, 2.45) is 0 Å². The lowest BCUT2D eigenvalue weighted by molar-refractivity contribution is 0.0949. The molecule has 6 heteroatoms. The van der Waals surface area contributed by atoms with E-state index in [9.17, 15) is 9.18 Å². The Bertz CT molecular complexity index is 421. The summed E-state index contributed by atoms with van der Waals surface area (Å²) < 4.78 is 13.1. The minimum Gasteiger partial charge on any atom is -0.372 e. The molecule has 0 bridgehead atoms. The zero-order chi connectivity index (χ0) is 14.3. The van der Waals surface area contributed by atoms with Crippen molar-refractivity contribution in [3.63, 3.8) is 0 Å². The number of hydrogen-bond donors (Lipinski definition) is 2. The molecular formula is C13H21FN4O. The Morgan fingerprint density at radius 3 is 2.68 bits per heavy atom. The van der Waals surface area contributed by atoms with Crippen molar-refractivity contribution >= 4 is 11.7 Å². The third-order valence-corrected chi connectivity index (χ3v) is 2.94. The first kappa shape index (κ1) is 15.4. The summed E-state index contributed by atoms with van der Waals surface area (Å²) in [5, 5.41) is 5.55. The number of halogens is 1. The maximum atomic E-state index is 13.1. The molecular weight excluding hydrogens is 247 g/mol. The molecule has 1 heterocycles. The molecule has 1 amide bonds. The van der Waals surface area contributed by atoms with Gasteiger partial charge in [0.05, 0.1) is 11.8 Å². The number of nitrogens with zero attached hydrogens (tertiary/aromatic N) is 2. The van der Waals surface area contributed by atoms with Crippen LogP contribution in [0.15, 0.2) is 12.3 Å². The van der Waals surface area contributed by atoms with Gasteiger partial charge in [-0.15, -0.1) is 0 Å². The molecule has 106 valence electrons. The Labute approximate surface area is 113 Å². The van der Waals surface area contributed by atoms with E-state index in [1.807, 2.05) is 0 Å². The van der Waals surface area contributed by atoms with Crippen LogP contribution in [-0.4, -0.2) is 49.0 Å². The largest absolute Gasteiger partial charge is 0.372 e. The molecule has 0 radical (unpaired) electrons. The van der Waals surface area contributed by atoms with Gasteiger partial charge in [0, 0.05) is 20.1 Å². The van der Waals surface area contributed by atoms with E-state index >= 15 is 0 Å². The van der Waals surface area contributed by atoms with Crippen molar-refractivity contribution in [3.05, 3.63) is 23.6 Å². The number of amides is 1. The lowest BCUT2D eigenvalue weighted by Gasteiger charge is -2.18. The fourth-order valence-electron chi connectivity index (χ4n) is 1.77. The van der Waals surface area contributed by atoms with Gasteiger partial charge >= 0.3 is 0 Å². The Morgan fingerprint density at radius 2 is 2.11 bits per heavy atom. The molecule has 0 saturated carbocycles. The summed E-state index contributed by atoms with van der Waals surface area (Å²) >= 11 is 0. The zero-order valence-electron chi connectivity index (χ0n) is 11.7. The first-order chi connectivity index (χ1) is 9.12. The second-order valence-corrected chi connectivity index (χ2v) is 4.08. The summed E-state index contributed by atoms with van der Waals surface area (Å²) in [6.07, 6.45) is 1.08. The number of carbonyl (C=O) groups excluding carboxylic acids is 1. The normalized spacial score (nSPS) is 10.6. The predicted molar refractivity (Wildman–Crippen MR) is 73.9 cm³/mol. The van der Waals surface area contributed by atoms with Gasteiger partial charge in [0.1, 0.15) is 11.6 Å². The van der Waals surface area contributed by atoms with Gasteiger partial charge in [-0.1, -0.05) is 13.8 Å². The quantitative estimate of drug-likeness (QED) is 0.783. The molecule has 1 aromatic heterocycles. The molecule has 1 rings (SSSR count). The second kappa shape index (κ2) is 7.68. The van der Waals surface area contributed by atoms with Crippen LogP contribution >= 0.6 is 0 Å². The molecule has 0 aromatic carbocycles. The van der Waals surface area contributed by atoms with Crippen LogP contribution < -0.4 is 10.6 Å². The molecule has 1 aromatic rings. The van der Waals surface area contributed by atoms with Crippen LogP contribution in [0, 0.1) is 5.82 Å². The van der Waals surface area contributed by atoms with Crippen molar-refractivity contribution in [3.8, 4) is 0 Å². The van der Waals surface area contributed by atoms with Crippen LogP contribution in [0.25, 0.3) is 0 Å². The van der Waals surface area contributed by atoms with E-state index in [0.717, 1.165) is 25.8 Å². The standard InChI is InChI=1S/C13H21FN4O/c1-4-18(5-2)7-6-16-13(19)11-8-10(14)9-17-12(11)15-3/h8-9H,4-7H2,1-3H3,(H,15,17)(H,16,19). The van der Waals surface area contributed by atoms with Crippen LogP contribution in [0.4, 0.5) is 10.2 Å². The maximum absolute atomic E-state index is 13.1. The Balaban J connectivity index is 2.60. The Morgan fingerprint density at radius 1 is 1.42 bits per heavy atom. The number of pyridine rings is 1. The number of aromatic nitrogens is 1. The molecule has 0 atom stereocenters. The first-order valence-corrected chi connectivity index (χ1v) is 6.46. The molecule has 0 aliphatic rings. The third kappa shape index (κ3) is 4.48. The molecule has 0 spiro atoms. The first-order valence-electron chi connectivity index (χ1n) is 6.46. The highest BCUT2D eigenvalue weighted by atomic mass is 19.1. The van der Waals surface area contributed by atoms with Gasteiger partial charge in [-0.05, 0) is 19.2 Å². The van der Waals surface area contributed by atoms with Crippen LogP contribution in [0.3, 0.4) is 0 Å². The van der Waals surface area contributed by atoms with Gasteiger partial charge in [0.2, 0.25) is 0 Å². The summed E-state index contributed by atoms with van der Waals surface area (Å²) in [4.78, 5) is 18.0. The average Bonchev–Trinajstić information content (AvgIpc) is 2.43. The van der Waals surface area contributed by atoms with E-state index < -0.39 is 5.82 Å². The highest BCUT2D eigenvalue weighted by molar-refractivity contribution is 5.98. The van der Waals surface area contributed by atoms with Crippen LogP contribution in [-0.2, 0) is 0 Å². The van der Waals surface area contributed by atoms with E-state index in [0.29, 0.717) is 12.4 Å². The highest BCUT2D eigenvalue weighted by Gasteiger charge is 2.13. The van der Waals surface area contributed by atoms with Crippen molar-refractivity contribution in [1.29, 1.82) is 0 Å². The maximum Gasteiger partial charge on any atom is 0.255 e. The minimum atomic E-state index is -0.520. The lowest BCUT2D eigenvalue weighted by atomic mass is 10.2. The molecule has 2 N–H and O–H groups in total. The molecule has 0 saturated heterocycles. The van der Waals surface area contributed by atoms with Gasteiger partial charge in [0.15, 0.2) is 0 Å². The van der Waals surface area contributed by atoms with Crippen LogP contribution in [0.1, 0.15) is 24.2 Å². The van der Waals surface area contributed by atoms with E-state index in [4.69, 9.17) is 0 Å². The van der Waals surface area contributed by atoms with E-state index in [1.165, 1.54) is 6.07 Å². The Kier molecular flexibility index (Phi) is 6.21. The van der Waals surface area contributed by atoms with Gasteiger partial charge in [-0.25, -0.2) is 9.37 Å². The fraction of sp³-hybridized carbons (Fsp3) is 0.538. The fourth-order valence-corrected chi connectivity index (χ4v) is 1.77. The number of anilines is 1. The topological polar surface area (TPSA) is 57.3 Å². The molecule has 19 heavy (non-hydrogen) atoms. The molecule has 5 nitrogen and oxygen atoms in total. The summed E-state index contributed by atoms with van der Waals surface area (Å²) in [7, 11) is 1.65. The average molecular weight is 268 g/mol. The number of nitrogens with one attached hydrogen (secondary N) is 2. The molecule has 0 unspecified atom stereocenters. The van der Waals surface area contributed by atoms with Crippen molar-refractivity contribution < 1.29 is 9.18 Å². The molecule has 0 fully saturated rings. The third-order valence-electron chi connectivity index (χ3n) is 2.94. The molecule has 0 aliphatic heterocycles. The zero-order valence-corrected chi connectivity index (χ0v) is 11.7. The lowest BCUT2D eigenvalue weighted by Crippen LogP contribution is -2.35. The van der Waals surface area contributed by atoms with Gasteiger partial charge < -0.3 is 15.5 Å². The number of likely N-dealkylation sites (N-methyl/N-ethyl adjacent to an activating group) is 1. The highest BCUT2D eigenvalue weighted by Crippen LogP contribution is 2.12. The second-order valence-electron chi connectivity index (χ2n) is 4.08. The Hall–Kier alpha value is -1.69. The number of rotatable bonds is 7. The van der Waals surface area contributed by atoms with Crippen molar-refractivity contribution in [2.75, 3.05) is 38.5 Å². The summed E-state index contributed by atoms with van der Waals surface area (Å²) in [6.45, 7) is 7.32. The smallest absolute Gasteiger partial charge is 0.255 e. The SMILES string of the molecule is CCN(CC)CCNC(=O)c1cc(F)cnc1NC. The minimum absolute atomic E-state index is 0.224. The van der Waals surface area contributed by atoms with Gasteiger partial charge in [-0.2, -0.15) is 0 Å². The summed E-state index contributed by atoms with van der Waals surface area (Å²) in [5.74, 6) is -0.460. The van der Waals surface area contributed by atoms with Crippen LogP contribution in [0.5, 0.6) is 0 Å². The van der Waals surface area contributed by atoms with E-state index in [1.54, 1.807) is 7.05 Å². The van der Waals surface area contributed by atoms with Gasteiger partial charge in [0.25, 0.3) is 5.91 Å². The number of carbonyl (C=O) groups is 1. The van der Waals surface area contributed by atoms with Crippen molar-refractivity contribution in [2.45, 2.75) is 13.8 Å². The van der Waals surface area contributed by atoms with E-state index in [-0.39, 0.29) is 11.5 Å². The van der Waals surface area contributed by atoms with Crippen molar-refractivity contribution in [1.82, 2.24) is 15.2 Å². The van der Waals surface area contributed by atoms with E-state index in [2.05, 4.69) is 34.4 Å². The number of hydrogen-bond acceptors (Lipinski definition) is 4. The predicted octanol–water partition coefficient (Wildman–Crippen LogP) is 1.33. The molecule has 0 aliphatic carbocycles. The monoisotopic (exact) mass is 268 g/mol.